The molecule has 0 fully saturated rings. The number of phenolic OH excluding ortho intramolecular Hbond substituents is 1. The monoisotopic (exact) mass is 509 g/mol. The fraction of sp³-hybridized carbons (Fsp3) is 0.240. The number of hydrogen-bond acceptors (Lipinski definition) is 9. The Labute approximate surface area is 209 Å². The van der Waals surface area contributed by atoms with E-state index >= 15 is 0 Å². The van der Waals surface area contributed by atoms with Crippen molar-refractivity contribution in [1.82, 2.24) is 4.57 Å². The maximum Gasteiger partial charge on any atom is 0.338 e. The van der Waals surface area contributed by atoms with E-state index < -0.39 is 22.5 Å². The first-order valence-corrected chi connectivity index (χ1v) is 12.0. The average Bonchev–Trinajstić information content (AvgIpc) is 3.15. The van der Waals surface area contributed by atoms with Gasteiger partial charge in [0.15, 0.2) is 16.3 Å². The molecule has 36 heavy (non-hydrogen) atoms. The van der Waals surface area contributed by atoms with Crippen molar-refractivity contribution >= 4 is 29.1 Å². The lowest BCUT2D eigenvalue weighted by Crippen LogP contribution is -2.39. The van der Waals surface area contributed by atoms with Gasteiger partial charge in [0.05, 0.1) is 46.0 Å². The number of benzene rings is 2. The maximum absolute atomic E-state index is 13.6. The third-order valence-electron chi connectivity index (χ3n) is 5.52. The molecule has 1 aliphatic rings. The van der Waals surface area contributed by atoms with E-state index in [4.69, 9.17) is 9.47 Å². The van der Waals surface area contributed by atoms with E-state index in [1.165, 1.54) is 16.7 Å². The van der Waals surface area contributed by atoms with Crippen molar-refractivity contribution in [3.05, 3.63) is 94.7 Å². The Hall–Kier alpha value is -4.25. The molecule has 0 radical (unpaired) electrons. The summed E-state index contributed by atoms with van der Waals surface area (Å²) in [7, 11) is 0. The molecule has 2 heterocycles. The fourth-order valence-corrected chi connectivity index (χ4v) is 5.02. The highest BCUT2D eigenvalue weighted by molar-refractivity contribution is 7.07. The second-order valence-corrected chi connectivity index (χ2v) is 8.79. The van der Waals surface area contributed by atoms with Crippen LogP contribution in [-0.2, 0) is 9.53 Å². The molecule has 0 saturated carbocycles. The van der Waals surface area contributed by atoms with Gasteiger partial charge in [0.1, 0.15) is 0 Å². The SMILES string of the molecule is CCOC(=O)C1=C(C)N=c2s/c(=C/c3cc([N+](=O)[O-])cc(OCC)c3O)c(=O)n2C1c1ccccc1. The quantitative estimate of drug-likeness (QED) is 0.294. The molecule has 2 aromatic carbocycles. The van der Waals surface area contributed by atoms with Gasteiger partial charge in [-0.1, -0.05) is 41.7 Å². The van der Waals surface area contributed by atoms with Crippen molar-refractivity contribution in [1.29, 1.82) is 0 Å². The number of nitro benzene ring substituents is 1. The van der Waals surface area contributed by atoms with E-state index in [-0.39, 0.29) is 46.1 Å². The van der Waals surface area contributed by atoms with Crippen molar-refractivity contribution < 1.29 is 24.3 Å². The van der Waals surface area contributed by atoms with Crippen LogP contribution in [0.5, 0.6) is 11.5 Å². The Balaban J connectivity index is 1.97. The van der Waals surface area contributed by atoms with Gasteiger partial charge in [-0.2, -0.15) is 0 Å². The number of nitro groups is 1. The van der Waals surface area contributed by atoms with E-state index in [0.717, 1.165) is 17.4 Å². The molecule has 1 aliphatic heterocycles. The minimum Gasteiger partial charge on any atom is -0.504 e. The van der Waals surface area contributed by atoms with E-state index in [2.05, 4.69) is 4.99 Å². The molecule has 1 atom stereocenters. The van der Waals surface area contributed by atoms with Crippen LogP contribution in [-0.4, -0.2) is 33.8 Å². The fourth-order valence-electron chi connectivity index (χ4n) is 3.98. The van der Waals surface area contributed by atoms with E-state index in [1.54, 1.807) is 45.0 Å². The number of phenols is 1. The number of aromatic nitrogens is 1. The van der Waals surface area contributed by atoms with E-state index in [9.17, 15) is 24.8 Å². The van der Waals surface area contributed by atoms with Gasteiger partial charge in [-0.3, -0.25) is 19.5 Å². The third kappa shape index (κ3) is 4.52. The van der Waals surface area contributed by atoms with Crippen LogP contribution in [0.25, 0.3) is 6.08 Å². The molecule has 10 nitrogen and oxygen atoms in total. The number of allylic oxidation sites excluding steroid dienone is 1. The number of hydrogen-bond donors (Lipinski definition) is 1. The Morgan fingerprint density at radius 3 is 2.61 bits per heavy atom. The summed E-state index contributed by atoms with van der Waals surface area (Å²) in [5.41, 5.74) is 0.657. The largest absolute Gasteiger partial charge is 0.504 e. The van der Waals surface area contributed by atoms with Crippen molar-refractivity contribution in [3.8, 4) is 11.5 Å². The number of esters is 1. The first-order valence-electron chi connectivity index (χ1n) is 11.2. The first kappa shape index (κ1) is 24.9. The smallest absolute Gasteiger partial charge is 0.338 e. The molecular weight excluding hydrogens is 486 g/mol. The topological polar surface area (TPSA) is 133 Å². The third-order valence-corrected chi connectivity index (χ3v) is 6.50. The number of carbonyl (C=O) groups excluding carboxylic acids is 1. The van der Waals surface area contributed by atoms with Crippen LogP contribution in [0.3, 0.4) is 0 Å². The number of aromatic hydroxyl groups is 1. The molecule has 4 rings (SSSR count). The van der Waals surface area contributed by atoms with Crippen molar-refractivity contribution in [2.24, 2.45) is 4.99 Å². The predicted octanol–water partition coefficient (Wildman–Crippen LogP) is 2.81. The van der Waals surface area contributed by atoms with Crippen LogP contribution in [0.4, 0.5) is 5.69 Å². The molecule has 1 aromatic heterocycles. The number of non-ortho nitro benzene ring substituents is 1. The van der Waals surface area contributed by atoms with Gasteiger partial charge in [0, 0.05) is 11.6 Å². The zero-order chi connectivity index (χ0) is 26.0. The lowest BCUT2D eigenvalue weighted by atomic mass is 9.96. The zero-order valence-electron chi connectivity index (χ0n) is 19.8. The van der Waals surface area contributed by atoms with Crippen molar-refractivity contribution in [3.63, 3.8) is 0 Å². The number of ether oxygens (including phenoxy) is 2. The molecule has 11 heteroatoms. The highest BCUT2D eigenvalue weighted by Crippen LogP contribution is 2.35. The van der Waals surface area contributed by atoms with Crippen LogP contribution >= 0.6 is 11.3 Å². The minimum atomic E-state index is -0.777. The summed E-state index contributed by atoms with van der Waals surface area (Å²) >= 11 is 1.05. The number of nitrogens with zero attached hydrogens (tertiary/aromatic N) is 3. The number of fused-ring (bicyclic) bond motifs is 1. The number of rotatable bonds is 7. The van der Waals surface area contributed by atoms with Gasteiger partial charge in [-0.15, -0.1) is 0 Å². The van der Waals surface area contributed by atoms with Crippen LogP contribution in [0, 0.1) is 10.1 Å². The lowest BCUT2D eigenvalue weighted by molar-refractivity contribution is -0.385. The second kappa shape index (κ2) is 10.2. The van der Waals surface area contributed by atoms with Gasteiger partial charge in [-0.25, -0.2) is 9.79 Å². The van der Waals surface area contributed by atoms with Crippen LogP contribution in [0.1, 0.15) is 37.9 Å². The molecule has 1 N–H and O–H groups in total. The average molecular weight is 510 g/mol. The summed E-state index contributed by atoms with van der Waals surface area (Å²) in [6.45, 7) is 5.41. The van der Waals surface area contributed by atoms with Gasteiger partial charge in [0.2, 0.25) is 0 Å². The van der Waals surface area contributed by atoms with Gasteiger partial charge < -0.3 is 14.6 Å². The standard InChI is InChI=1S/C25H23N3O7S/c1-4-34-18-13-17(28(32)33)11-16(22(18)29)12-19-23(30)27-21(15-9-7-6-8-10-15)20(24(31)35-5-2)14(3)26-25(27)36-19/h6-13,21,29H,4-5H2,1-3H3/b19-12+. The molecule has 0 spiro atoms. The summed E-state index contributed by atoms with van der Waals surface area (Å²) in [6, 6.07) is 10.6. The summed E-state index contributed by atoms with van der Waals surface area (Å²) < 4.78 is 12.2. The summed E-state index contributed by atoms with van der Waals surface area (Å²) in [4.78, 5) is 42.2. The van der Waals surface area contributed by atoms with Crippen LogP contribution in [0.2, 0.25) is 0 Å². The van der Waals surface area contributed by atoms with E-state index in [1.807, 2.05) is 6.07 Å². The second-order valence-electron chi connectivity index (χ2n) is 7.78. The first-order chi connectivity index (χ1) is 17.3. The maximum atomic E-state index is 13.6. The molecule has 3 aromatic rings. The highest BCUT2D eigenvalue weighted by atomic mass is 32.1. The van der Waals surface area contributed by atoms with Crippen LogP contribution in [0.15, 0.2) is 63.5 Å². The molecule has 0 aliphatic carbocycles. The van der Waals surface area contributed by atoms with E-state index in [0.29, 0.717) is 16.1 Å². The lowest BCUT2D eigenvalue weighted by Gasteiger charge is -2.24. The Kier molecular flexibility index (Phi) is 7.02. The summed E-state index contributed by atoms with van der Waals surface area (Å²) in [5.74, 6) is -0.954. The number of carbonyl (C=O) groups is 1. The molecule has 0 bridgehead atoms. The molecular formula is C25H23N3O7S. The highest BCUT2D eigenvalue weighted by Gasteiger charge is 2.33. The summed E-state index contributed by atoms with van der Waals surface area (Å²) in [5, 5.41) is 22.1. The molecule has 1 unspecified atom stereocenters. The van der Waals surface area contributed by atoms with Gasteiger partial charge in [0.25, 0.3) is 11.2 Å². The zero-order valence-corrected chi connectivity index (χ0v) is 20.6. The van der Waals surface area contributed by atoms with Gasteiger partial charge in [-0.05, 0) is 32.4 Å². The molecule has 0 amide bonds. The minimum absolute atomic E-state index is 0.0514. The predicted molar refractivity (Wildman–Crippen MR) is 133 cm³/mol. The van der Waals surface area contributed by atoms with Crippen LogP contribution < -0.4 is 19.6 Å². The van der Waals surface area contributed by atoms with Crippen molar-refractivity contribution in [2.75, 3.05) is 13.2 Å². The van der Waals surface area contributed by atoms with Crippen molar-refractivity contribution in [2.45, 2.75) is 26.8 Å². The Bertz CT molecular complexity index is 1550. The summed E-state index contributed by atoms with van der Waals surface area (Å²) in [6.07, 6.45) is 1.36. The molecule has 0 saturated heterocycles. The Morgan fingerprint density at radius 1 is 1.25 bits per heavy atom. The normalized spacial score (nSPS) is 15.3. The Morgan fingerprint density at radius 2 is 1.97 bits per heavy atom. The number of thiazole rings is 1. The molecule has 186 valence electrons. The van der Waals surface area contributed by atoms with Gasteiger partial charge >= 0.3 is 5.97 Å².